The Kier molecular flexibility index (Phi) is 10.5. The molecule has 0 aliphatic heterocycles. The van der Waals surface area contributed by atoms with E-state index in [2.05, 4.69) is 158 Å². The van der Waals surface area contributed by atoms with Gasteiger partial charge in [-0.25, -0.2) is 24.6 Å². The second-order valence-corrected chi connectivity index (χ2v) is 18.1. The van der Waals surface area contributed by atoms with Crippen LogP contribution in [0.3, 0.4) is 0 Å². The first-order valence-electron chi connectivity index (χ1n) is 24.1. The molecule has 0 bridgehead atoms. The Balaban J connectivity index is 1.10. The van der Waals surface area contributed by atoms with Crippen molar-refractivity contribution in [1.29, 1.82) is 5.26 Å². The van der Waals surface area contributed by atoms with Gasteiger partial charge in [0.05, 0.1) is 58.2 Å². The summed E-state index contributed by atoms with van der Waals surface area (Å²) in [6, 6.07) is 80.0. The van der Waals surface area contributed by atoms with Crippen LogP contribution in [0.5, 0.6) is 0 Å². The third-order valence-electron chi connectivity index (χ3n) is 13.9. The van der Waals surface area contributed by atoms with Crippen molar-refractivity contribution in [3.63, 3.8) is 0 Å². The van der Waals surface area contributed by atoms with Gasteiger partial charge in [-0.1, -0.05) is 170 Å². The molecule has 74 heavy (non-hydrogen) atoms. The van der Waals surface area contributed by atoms with E-state index >= 15 is 0 Å². The van der Waals surface area contributed by atoms with E-state index in [4.69, 9.17) is 28.1 Å². The molecule has 3 heterocycles. The van der Waals surface area contributed by atoms with Crippen molar-refractivity contribution >= 4 is 55.0 Å². The van der Waals surface area contributed by atoms with Crippen LogP contribution in [-0.4, -0.2) is 24.1 Å². The molecular formula is C66H38N8. The lowest BCUT2D eigenvalue weighted by molar-refractivity contribution is 1.06. The minimum atomic E-state index is 0.475. The molecule has 0 amide bonds. The largest absolute Gasteiger partial charge is 0.308 e. The number of nitrogens with zero attached hydrogens (tertiary/aromatic N) is 8. The zero-order valence-electron chi connectivity index (χ0n) is 39.5. The molecule has 8 nitrogen and oxygen atoms in total. The van der Waals surface area contributed by atoms with Gasteiger partial charge in [0.2, 0.25) is 0 Å². The number of rotatable bonds is 8. The van der Waals surface area contributed by atoms with E-state index in [9.17, 15) is 5.26 Å². The fourth-order valence-corrected chi connectivity index (χ4v) is 10.4. The molecule has 0 fully saturated rings. The minimum Gasteiger partial charge on any atom is -0.308 e. The van der Waals surface area contributed by atoms with E-state index in [1.807, 2.05) is 97.1 Å². The van der Waals surface area contributed by atoms with Crippen LogP contribution >= 0.6 is 0 Å². The van der Waals surface area contributed by atoms with Crippen molar-refractivity contribution in [2.45, 2.75) is 0 Å². The van der Waals surface area contributed by atoms with Gasteiger partial charge >= 0.3 is 0 Å². The summed E-state index contributed by atoms with van der Waals surface area (Å²) in [4.78, 5) is 23.8. The maximum Gasteiger partial charge on any atom is 0.194 e. The third kappa shape index (κ3) is 7.33. The molecule has 0 aliphatic rings. The Hall–Kier alpha value is -10.7. The first-order valence-corrected chi connectivity index (χ1v) is 24.1. The molecule has 0 saturated heterocycles. The van der Waals surface area contributed by atoms with E-state index in [0.717, 1.165) is 105 Å². The highest BCUT2D eigenvalue weighted by Gasteiger charge is 2.23. The van der Waals surface area contributed by atoms with Crippen molar-refractivity contribution in [3.05, 3.63) is 259 Å². The van der Waals surface area contributed by atoms with Crippen molar-refractivity contribution in [1.82, 2.24) is 24.1 Å². The maximum atomic E-state index is 9.68. The summed E-state index contributed by atoms with van der Waals surface area (Å²) in [7, 11) is 0. The monoisotopic (exact) mass is 942 g/mol. The van der Waals surface area contributed by atoms with Crippen molar-refractivity contribution < 1.29 is 0 Å². The SMILES string of the molecule is [C-]#[N+]c1ccc(-c2ccc(-c3nc(-c4ccc(-c5ccccc5[N+]#[C-])cc4)nc(-c4ccc(-c5ccc(C#N)cc5)cc4-n4c5ccccc5c5ccccc54)n3)c(-n3c4ccccc4c4ccccc43)c2)cc1. The van der Waals surface area contributed by atoms with Crippen LogP contribution in [-0.2, 0) is 0 Å². The van der Waals surface area contributed by atoms with Gasteiger partial charge in [-0.2, -0.15) is 5.26 Å². The van der Waals surface area contributed by atoms with E-state index in [1.54, 1.807) is 0 Å². The lowest BCUT2D eigenvalue weighted by Gasteiger charge is -2.18. The highest BCUT2D eigenvalue weighted by molar-refractivity contribution is 6.11. The summed E-state index contributed by atoms with van der Waals surface area (Å²) in [5.41, 5.74) is 15.6. The lowest BCUT2D eigenvalue weighted by atomic mass is 9.99. The number of nitriles is 1. The highest BCUT2D eigenvalue weighted by Crippen LogP contribution is 2.42. The van der Waals surface area contributed by atoms with Crippen LogP contribution in [0.25, 0.3) is 132 Å². The van der Waals surface area contributed by atoms with Crippen LogP contribution in [0, 0.1) is 24.5 Å². The average Bonchev–Trinajstić information content (AvgIpc) is 4.04. The summed E-state index contributed by atoms with van der Waals surface area (Å²) in [6.07, 6.45) is 0. The predicted molar refractivity (Wildman–Crippen MR) is 298 cm³/mol. The molecule has 0 spiro atoms. The summed E-state index contributed by atoms with van der Waals surface area (Å²) >= 11 is 0. The van der Waals surface area contributed by atoms with E-state index in [0.29, 0.717) is 34.4 Å². The Morgan fingerprint density at radius 1 is 0.351 bits per heavy atom. The minimum absolute atomic E-state index is 0.475. The third-order valence-corrected chi connectivity index (χ3v) is 13.9. The summed E-state index contributed by atoms with van der Waals surface area (Å²) in [5, 5.41) is 14.2. The van der Waals surface area contributed by atoms with Gasteiger partial charge in [0, 0.05) is 38.2 Å². The van der Waals surface area contributed by atoms with Crippen molar-refractivity contribution in [2.24, 2.45) is 0 Å². The first-order chi connectivity index (χ1) is 36.5. The van der Waals surface area contributed by atoms with Crippen LogP contribution in [0.2, 0.25) is 0 Å². The van der Waals surface area contributed by atoms with Crippen LogP contribution in [0.1, 0.15) is 5.56 Å². The molecule has 0 saturated carbocycles. The molecule has 0 aliphatic carbocycles. The fourth-order valence-electron chi connectivity index (χ4n) is 10.4. The molecule has 10 aromatic carbocycles. The normalized spacial score (nSPS) is 11.2. The molecule has 3 aromatic heterocycles. The Labute approximate surface area is 426 Å². The smallest absolute Gasteiger partial charge is 0.194 e. The van der Waals surface area contributed by atoms with Gasteiger partial charge in [-0.15, -0.1) is 0 Å². The first kappa shape index (κ1) is 43.3. The average molecular weight is 943 g/mol. The zero-order valence-corrected chi connectivity index (χ0v) is 39.5. The molecule has 13 rings (SSSR count). The number of hydrogen-bond acceptors (Lipinski definition) is 4. The lowest BCUT2D eigenvalue weighted by Crippen LogP contribution is -2.06. The van der Waals surface area contributed by atoms with Gasteiger partial charge in [0.15, 0.2) is 28.8 Å². The predicted octanol–water partition coefficient (Wildman–Crippen LogP) is 17.0. The topological polar surface area (TPSA) is 81.0 Å². The molecule has 0 atom stereocenters. The fraction of sp³-hybridized carbons (Fsp3) is 0. The molecule has 8 heteroatoms. The Bertz CT molecular complexity index is 4160. The van der Waals surface area contributed by atoms with Gasteiger partial charge < -0.3 is 9.13 Å². The summed E-state index contributed by atoms with van der Waals surface area (Å²) < 4.78 is 4.61. The highest BCUT2D eigenvalue weighted by atomic mass is 15.1. The Morgan fingerprint density at radius 3 is 1.20 bits per heavy atom. The standard InChI is InChI=1S/C66H38N8/c1-68-49-35-31-44(32-36-49)48-34-38-56(63(40-48)74-60-21-11-6-16-53(60)54-17-7-12-22-61(54)74)66-71-64(46-29-27-45(28-30-46)50-13-3-8-18-57(50)69-2)70-65(72-66)55-37-33-47(43-25-23-42(41-67)24-26-43)39-62(55)73-58-19-9-4-14-51(58)52-15-5-10-20-59(52)73/h3-40H. The van der Waals surface area contributed by atoms with Gasteiger partial charge in [-0.3, -0.25) is 0 Å². The molecule has 342 valence electrons. The van der Waals surface area contributed by atoms with Crippen molar-refractivity contribution in [3.8, 4) is 85.0 Å². The summed E-state index contributed by atoms with van der Waals surface area (Å²) in [5.74, 6) is 1.43. The van der Waals surface area contributed by atoms with E-state index in [-0.39, 0.29) is 0 Å². The zero-order chi connectivity index (χ0) is 49.7. The number of para-hydroxylation sites is 5. The molecule has 13 aromatic rings. The number of benzene rings is 10. The van der Waals surface area contributed by atoms with Crippen LogP contribution in [0.15, 0.2) is 231 Å². The van der Waals surface area contributed by atoms with Crippen LogP contribution < -0.4 is 0 Å². The maximum absolute atomic E-state index is 9.68. The van der Waals surface area contributed by atoms with Crippen LogP contribution in [0.4, 0.5) is 11.4 Å². The molecule has 0 unspecified atom stereocenters. The number of hydrogen-bond donors (Lipinski definition) is 0. The second-order valence-electron chi connectivity index (χ2n) is 18.1. The van der Waals surface area contributed by atoms with Gasteiger partial charge in [0.1, 0.15) is 0 Å². The van der Waals surface area contributed by atoms with Gasteiger partial charge in [0.25, 0.3) is 0 Å². The van der Waals surface area contributed by atoms with E-state index in [1.165, 1.54) is 0 Å². The van der Waals surface area contributed by atoms with Gasteiger partial charge in [-0.05, 0) is 94.0 Å². The molecule has 0 radical (unpaired) electrons. The number of fused-ring (bicyclic) bond motifs is 6. The van der Waals surface area contributed by atoms with Crippen molar-refractivity contribution in [2.75, 3.05) is 0 Å². The Morgan fingerprint density at radius 2 is 0.743 bits per heavy atom. The van der Waals surface area contributed by atoms with E-state index < -0.39 is 0 Å². The molecule has 0 N–H and O–H groups in total. The second kappa shape index (κ2) is 17.9. The quantitative estimate of drug-likeness (QED) is 0.142. The number of aromatic nitrogens is 5. The molecular weight excluding hydrogens is 905 g/mol. The summed E-state index contributed by atoms with van der Waals surface area (Å²) in [6.45, 7) is 15.5.